The lowest BCUT2D eigenvalue weighted by Crippen LogP contribution is -2.67. The predicted molar refractivity (Wildman–Crippen MR) is 225 cm³/mol. The SMILES string of the molecule is CC(C)(C)OC(=O)N1C2CCC1CN(c1nc(OC[C@]34CCCN3[C@H](CO[Si](c3ccccc3)(c3ccccc3)C(C)(C)C)CC4)nc3c(F)c(Br)ccc13)C2. The monoisotopic (exact) mass is 843 g/mol. The second-order valence-electron chi connectivity index (χ2n) is 18.2. The summed E-state index contributed by atoms with van der Waals surface area (Å²) in [5.74, 6) is 0.203. The highest BCUT2D eigenvalue weighted by molar-refractivity contribution is 9.10. The fourth-order valence-corrected chi connectivity index (χ4v) is 15.0. The number of rotatable bonds is 9. The molecule has 0 spiro atoms. The number of piperazine rings is 1. The van der Waals surface area contributed by atoms with Gasteiger partial charge in [-0.3, -0.25) is 9.80 Å². The minimum atomic E-state index is -2.69. The highest BCUT2D eigenvalue weighted by Crippen LogP contribution is 2.45. The van der Waals surface area contributed by atoms with E-state index in [1.165, 1.54) is 10.4 Å². The van der Waals surface area contributed by atoms with Crippen LogP contribution >= 0.6 is 15.9 Å². The molecule has 3 aromatic carbocycles. The number of benzene rings is 3. The molecule has 4 aromatic rings. The van der Waals surface area contributed by atoms with Crippen molar-refractivity contribution in [2.24, 2.45) is 0 Å². The van der Waals surface area contributed by atoms with E-state index in [9.17, 15) is 4.79 Å². The van der Waals surface area contributed by atoms with Crippen LogP contribution in [0.2, 0.25) is 5.04 Å². The molecule has 8 rings (SSSR count). The van der Waals surface area contributed by atoms with Gasteiger partial charge in [-0.1, -0.05) is 81.4 Å². The van der Waals surface area contributed by atoms with E-state index in [2.05, 4.69) is 107 Å². The van der Waals surface area contributed by atoms with Crippen LogP contribution in [0.1, 0.15) is 80.1 Å². The van der Waals surface area contributed by atoms with Crippen molar-refractivity contribution in [3.8, 4) is 6.01 Å². The molecular weight excluding hydrogens is 790 g/mol. The molecule has 2 unspecified atom stereocenters. The number of anilines is 1. The topological polar surface area (TPSA) is 80.3 Å². The van der Waals surface area contributed by atoms with Gasteiger partial charge in [0, 0.05) is 24.5 Å². The smallest absolute Gasteiger partial charge is 0.410 e. The van der Waals surface area contributed by atoms with Gasteiger partial charge in [0.2, 0.25) is 0 Å². The predicted octanol–water partition coefficient (Wildman–Crippen LogP) is 8.07. The van der Waals surface area contributed by atoms with Crippen LogP contribution in [0.25, 0.3) is 10.9 Å². The molecule has 4 aliphatic heterocycles. The Morgan fingerprint density at radius 2 is 1.54 bits per heavy atom. The van der Waals surface area contributed by atoms with E-state index in [1.54, 1.807) is 6.07 Å². The average Bonchev–Trinajstić information content (AvgIpc) is 3.81. The summed E-state index contributed by atoms with van der Waals surface area (Å²) in [5.41, 5.74) is -0.520. The van der Waals surface area contributed by atoms with Crippen molar-refractivity contribution >= 4 is 57.4 Å². The summed E-state index contributed by atoms with van der Waals surface area (Å²) < 4.78 is 36.0. The number of halogens is 2. The third kappa shape index (κ3) is 7.13. The van der Waals surface area contributed by atoms with Gasteiger partial charge in [-0.25, -0.2) is 9.18 Å². The van der Waals surface area contributed by atoms with Gasteiger partial charge in [-0.2, -0.15) is 9.97 Å². The third-order valence-electron chi connectivity index (χ3n) is 12.5. The zero-order chi connectivity index (χ0) is 39.5. The van der Waals surface area contributed by atoms with E-state index in [1.807, 2.05) is 31.7 Å². The summed E-state index contributed by atoms with van der Waals surface area (Å²) in [6.45, 7) is 15.8. The minimum absolute atomic E-state index is 0.0225. The van der Waals surface area contributed by atoms with E-state index >= 15 is 4.39 Å². The number of aromatic nitrogens is 2. The first kappa shape index (κ1) is 39.3. The number of amides is 1. The van der Waals surface area contributed by atoms with Gasteiger partial charge in [-0.05, 0) is 109 Å². The Labute approximate surface area is 340 Å². The fourth-order valence-electron chi connectivity index (χ4n) is 10.1. The zero-order valence-corrected chi connectivity index (χ0v) is 36.1. The second kappa shape index (κ2) is 15.0. The van der Waals surface area contributed by atoms with E-state index in [0.29, 0.717) is 42.0 Å². The maximum absolute atomic E-state index is 15.8. The molecule has 0 N–H and O–H groups in total. The van der Waals surface area contributed by atoms with Crippen molar-refractivity contribution in [3.05, 3.63) is 83.1 Å². The van der Waals surface area contributed by atoms with Gasteiger partial charge in [0.1, 0.15) is 23.5 Å². The molecule has 9 nitrogen and oxygen atoms in total. The van der Waals surface area contributed by atoms with Crippen molar-refractivity contribution < 1.29 is 23.1 Å². The Morgan fingerprint density at radius 3 is 2.14 bits per heavy atom. The van der Waals surface area contributed by atoms with Crippen LogP contribution in [-0.4, -0.2) is 96.3 Å². The molecule has 4 saturated heterocycles. The van der Waals surface area contributed by atoms with Gasteiger partial charge in [0.15, 0.2) is 5.82 Å². The molecule has 4 atom stereocenters. The minimum Gasteiger partial charge on any atom is -0.461 e. The van der Waals surface area contributed by atoms with E-state index in [-0.39, 0.29) is 46.3 Å². The summed E-state index contributed by atoms with van der Waals surface area (Å²) >= 11 is 3.38. The van der Waals surface area contributed by atoms with Crippen molar-refractivity contribution in [1.29, 1.82) is 0 Å². The molecule has 298 valence electrons. The number of fused-ring (bicyclic) bond motifs is 4. The van der Waals surface area contributed by atoms with Crippen LogP contribution in [0.3, 0.4) is 0 Å². The number of carbonyl (C=O) groups is 1. The molecule has 5 heterocycles. The molecule has 1 amide bonds. The standard InChI is InChI=1S/C44H55BrFN5O4Si/c1-42(2,3)55-41(52)51-30-18-19-31(51)27-49(26-30)39-35-20-21-36(45)37(46)38(35)47-40(48-39)53-29-44-23-13-25-50(44)32(22-24-44)28-54-56(43(4,5)6,33-14-9-7-10-15-33)34-16-11-8-12-17-34/h7-12,14-17,20-21,30-32H,13,18-19,22-29H2,1-6H3/t30?,31?,32-,44+/m0/s1. The molecule has 0 aliphatic carbocycles. The highest BCUT2D eigenvalue weighted by atomic mass is 79.9. The molecule has 4 fully saturated rings. The third-order valence-corrected chi connectivity index (χ3v) is 18.1. The molecule has 4 aliphatic rings. The second-order valence-corrected chi connectivity index (χ2v) is 23.4. The number of carbonyl (C=O) groups excluding carboxylic acids is 1. The molecule has 12 heteroatoms. The number of hydrogen-bond donors (Lipinski definition) is 0. The van der Waals surface area contributed by atoms with Crippen LogP contribution in [0.4, 0.5) is 15.0 Å². The van der Waals surface area contributed by atoms with Gasteiger partial charge in [-0.15, -0.1) is 0 Å². The maximum atomic E-state index is 15.8. The van der Waals surface area contributed by atoms with Crippen LogP contribution in [0.5, 0.6) is 6.01 Å². The molecule has 2 bridgehead atoms. The average molecular weight is 845 g/mol. The summed E-state index contributed by atoms with van der Waals surface area (Å²) in [5, 5.41) is 3.10. The summed E-state index contributed by atoms with van der Waals surface area (Å²) in [6.07, 6.45) is 5.57. The normalized spacial score (nSPS) is 24.2. The van der Waals surface area contributed by atoms with Crippen LogP contribution in [0.15, 0.2) is 77.3 Å². The number of hydrogen-bond acceptors (Lipinski definition) is 8. The van der Waals surface area contributed by atoms with Gasteiger partial charge >= 0.3 is 12.1 Å². The van der Waals surface area contributed by atoms with E-state index < -0.39 is 19.7 Å². The lowest BCUT2D eigenvalue weighted by Gasteiger charge is -2.44. The van der Waals surface area contributed by atoms with Crippen LogP contribution < -0.4 is 20.0 Å². The molecule has 0 radical (unpaired) electrons. The van der Waals surface area contributed by atoms with Gasteiger partial charge < -0.3 is 18.8 Å². The van der Waals surface area contributed by atoms with Crippen LogP contribution in [0, 0.1) is 5.82 Å². The first-order chi connectivity index (χ1) is 26.7. The Hall–Kier alpha value is -3.58. The Balaban J connectivity index is 1.04. The van der Waals surface area contributed by atoms with Crippen LogP contribution in [-0.2, 0) is 9.16 Å². The first-order valence-electron chi connectivity index (χ1n) is 20.3. The number of ether oxygens (including phenoxy) is 2. The van der Waals surface area contributed by atoms with Crippen molar-refractivity contribution in [2.75, 3.05) is 37.7 Å². The maximum Gasteiger partial charge on any atom is 0.410 e. The summed E-state index contributed by atoms with van der Waals surface area (Å²) in [6, 6.07) is 25.6. The van der Waals surface area contributed by atoms with Crippen molar-refractivity contribution in [2.45, 2.75) is 114 Å². The lowest BCUT2D eigenvalue weighted by molar-refractivity contribution is 0.0122. The Kier molecular flexibility index (Phi) is 10.5. The molecule has 1 aromatic heterocycles. The van der Waals surface area contributed by atoms with Gasteiger partial charge in [0.05, 0.1) is 28.7 Å². The molecule has 0 saturated carbocycles. The number of nitrogens with zero attached hydrogens (tertiary/aromatic N) is 5. The summed E-state index contributed by atoms with van der Waals surface area (Å²) in [4.78, 5) is 29.6. The van der Waals surface area contributed by atoms with Crippen molar-refractivity contribution in [3.63, 3.8) is 0 Å². The first-order valence-corrected chi connectivity index (χ1v) is 23.0. The summed E-state index contributed by atoms with van der Waals surface area (Å²) in [7, 11) is -2.69. The Bertz CT molecular complexity index is 2010. The Morgan fingerprint density at radius 1 is 0.893 bits per heavy atom. The zero-order valence-electron chi connectivity index (χ0n) is 33.6. The van der Waals surface area contributed by atoms with E-state index in [4.69, 9.17) is 23.9 Å². The van der Waals surface area contributed by atoms with E-state index in [0.717, 1.165) is 45.1 Å². The molecule has 56 heavy (non-hydrogen) atoms. The largest absolute Gasteiger partial charge is 0.461 e. The van der Waals surface area contributed by atoms with Gasteiger partial charge in [0.25, 0.3) is 8.32 Å². The fraction of sp³-hybridized carbons (Fsp3) is 0.523. The van der Waals surface area contributed by atoms with Crippen molar-refractivity contribution in [1.82, 2.24) is 19.8 Å². The molecular formula is C44H55BrFN5O4Si. The quantitative estimate of drug-likeness (QED) is 0.157. The lowest BCUT2D eigenvalue weighted by atomic mass is 9.95. The highest BCUT2D eigenvalue weighted by Gasteiger charge is 2.54.